The number of benzene rings is 1. The number of hydrogen-bond acceptors (Lipinski definition) is 2. The van der Waals surface area contributed by atoms with Gasteiger partial charge in [0.2, 0.25) is 0 Å². The highest BCUT2D eigenvalue weighted by atomic mass is 19.4. The van der Waals surface area contributed by atoms with Crippen LogP contribution in [0.25, 0.3) is 0 Å². The first kappa shape index (κ1) is 11.4. The van der Waals surface area contributed by atoms with Crippen molar-refractivity contribution in [2.45, 2.75) is 13.1 Å². The van der Waals surface area contributed by atoms with E-state index < -0.39 is 34.6 Å². The van der Waals surface area contributed by atoms with Gasteiger partial charge in [-0.2, -0.15) is 13.2 Å². The molecule has 0 spiro atoms. The maximum absolute atomic E-state index is 12.3. The zero-order valence-electron chi connectivity index (χ0n) is 7.59. The van der Waals surface area contributed by atoms with Crippen molar-refractivity contribution < 1.29 is 28.2 Å². The Bertz CT molecular complexity index is 410. The van der Waals surface area contributed by atoms with Crippen LogP contribution in [-0.2, 0) is 6.18 Å². The zero-order valence-corrected chi connectivity index (χ0v) is 7.59. The van der Waals surface area contributed by atoms with Gasteiger partial charge in [0.25, 0.3) is 0 Å². The third-order valence-corrected chi connectivity index (χ3v) is 1.97. The van der Waals surface area contributed by atoms with Gasteiger partial charge in [0, 0.05) is 5.56 Å². The standard InChI is InChI=1S/C9H7F3O3/c1-4-6(9(10,11)12)3-2-5(7(4)13)8(14)15/h2-3,13H,1H3,(H,14,15). The van der Waals surface area contributed by atoms with Crippen LogP contribution in [0.4, 0.5) is 13.2 Å². The van der Waals surface area contributed by atoms with Gasteiger partial charge in [0.05, 0.1) is 5.56 Å². The van der Waals surface area contributed by atoms with Gasteiger partial charge in [-0.25, -0.2) is 4.79 Å². The van der Waals surface area contributed by atoms with Crippen LogP contribution in [0.3, 0.4) is 0 Å². The van der Waals surface area contributed by atoms with Crippen LogP contribution in [0, 0.1) is 6.92 Å². The van der Waals surface area contributed by atoms with E-state index >= 15 is 0 Å². The Morgan fingerprint density at radius 3 is 2.27 bits per heavy atom. The molecule has 0 fully saturated rings. The van der Waals surface area contributed by atoms with E-state index in [2.05, 4.69) is 0 Å². The summed E-state index contributed by atoms with van der Waals surface area (Å²) in [5.41, 5.74) is -2.06. The highest BCUT2D eigenvalue weighted by Gasteiger charge is 2.34. The first-order chi connectivity index (χ1) is 6.75. The lowest BCUT2D eigenvalue weighted by Crippen LogP contribution is -2.09. The lowest BCUT2D eigenvalue weighted by atomic mass is 10.0. The van der Waals surface area contributed by atoms with Crippen molar-refractivity contribution in [3.8, 4) is 5.75 Å². The molecule has 0 aliphatic rings. The summed E-state index contributed by atoms with van der Waals surface area (Å²) in [6.07, 6.45) is -4.60. The predicted molar refractivity (Wildman–Crippen MR) is 44.8 cm³/mol. The van der Waals surface area contributed by atoms with E-state index in [0.29, 0.717) is 6.07 Å². The molecule has 15 heavy (non-hydrogen) atoms. The number of alkyl halides is 3. The van der Waals surface area contributed by atoms with Gasteiger partial charge in [-0.3, -0.25) is 0 Å². The summed E-state index contributed by atoms with van der Waals surface area (Å²) in [6.45, 7) is 1.02. The lowest BCUT2D eigenvalue weighted by Gasteiger charge is -2.12. The molecule has 0 aliphatic carbocycles. The average Bonchev–Trinajstić information content (AvgIpc) is 2.06. The van der Waals surface area contributed by atoms with E-state index in [0.717, 1.165) is 13.0 Å². The molecular formula is C9H7F3O3. The number of carboxylic acid groups (broad SMARTS) is 1. The maximum atomic E-state index is 12.3. The van der Waals surface area contributed by atoms with Crippen LogP contribution in [-0.4, -0.2) is 16.2 Å². The second kappa shape index (κ2) is 3.45. The van der Waals surface area contributed by atoms with Crippen LogP contribution in [0.5, 0.6) is 5.75 Å². The smallest absolute Gasteiger partial charge is 0.416 e. The summed E-state index contributed by atoms with van der Waals surface area (Å²) >= 11 is 0. The summed E-state index contributed by atoms with van der Waals surface area (Å²) in [5.74, 6) is -2.32. The van der Waals surface area contributed by atoms with Gasteiger partial charge in [-0.1, -0.05) is 0 Å². The van der Waals surface area contributed by atoms with Gasteiger partial charge in [0.1, 0.15) is 11.3 Å². The molecular weight excluding hydrogens is 213 g/mol. The topological polar surface area (TPSA) is 57.5 Å². The fourth-order valence-corrected chi connectivity index (χ4v) is 1.18. The Morgan fingerprint density at radius 1 is 1.33 bits per heavy atom. The number of carbonyl (C=O) groups is 1. The van der Waals surface area contributed by atoms with Crippen molar-refractivity contribution in [1.29, 1.82) is 0 Å². The summed E-state index contributed by atoms with van der Waals surface area (Å²) in [5, 5.41) is 17.8. The molecule has 0 saturated carbocycles. The Morgan fingerprint density at radius 2 is 1.87 bits per heavy atom. The molecule has 0 saturated heterocycles. The molecule has 0 aromatic heterocycles. The summed E-state index contributed by atoms with van der Waals surface area (Å²) in [4.78, 5) is 10.5. The zero-order chi connectivity index (χ0) is 11.8. The molecule has 0 heterocycles. The highest BCUT2D eigenvalue weighted by Crippen LogP contribution is 2.36. The molecule has 0 aliphatic heterocycles. The van der Waals surface area contributed by atoms with Crippen LogP contribution < -0.4 is 0 Å². The molecule has 1 rings (SSSR count). The van der Waals surface area contributed by atoms with E-state index in [-0.39, 0.29) is 0 Å². The number of carboxylic acids is 1. The Labute approximate surface area is 82.8 Å². The molecule has 1 aromatic rings. The molecule has 0 bridgehead atoms. The van der Waals surface area contributed by atoms with Crippen LogP contribution in [0.2, 0.25) is 0 Å². The monoisotopic (exact) mass is 220 g/mol. The number of halogens is 3. The fraction of sp³-hybridized carbons (Fsp3) is 0.222. The van der Waals surface area contributed by atoms with Crippen molar-refractivity contribution in [2.24, 2.45) is 0 Å². The fourth-order valence-electron chi connectivity index (χ4n) is 1.18. The predicted octanol–water partition coefficient (Wildman–Crippen LogP) is 2.42. The molecule has 82 valence electrons. The number of aromatic hydroxyl groups is 1. The molecule has 2 N–H and O–H groups in total. The second-order valence-electron chi connectivity index (χ2n) is 2.94. The van der Waals surface area contributed by atoms with Gasteiger partial charge in [-0.05, 0) is 19.1 Å². The molecule has 0 atom stereocenters. The first-order valence-electron chi connectivity index (χ1n) is 3.88. The second-order valence-corrected chi connectivity index (χ2v) is 2.94. The molecule has 0 unspecified atom stereocenters. The van der Waals surface area contributed by atoms with Crippen LogP contribution in [0.1, 0.15) is 21.5 Å². The molecule has 6 heteroatoms. The van der Waals surface area contributed by atoms with Gasteiger partial charge >= 0.3 is 12.1 Å². The van der Waals surface area contributed by atoms with Gasteiger partial charge < -0.3 is 10.2 Å². The average molecular weight is 220 g/mol. The van der Waals surface area contributed by atoms with Crippen molar-refractivity contribution in [3.05, 3.63) is 28.8 Å². The quantitative estimate of drug-likeness (QED) is 0.764. The number of phenols is 1. The minimum Gasteiger partial charge on any atom is -0.507 e. The number of rotatable bonds is 1. The van der Waals surface area contributed by atoms with Crippen molar-refractivity contribution in [2.75, 3.05) is 0 Å². The van der Waals surface area contributed by atoms with E-state index in [1.807, 2.05) is 0 Å². The number of aromatic carboxylic acids is 1. The van der Waals surface area contributed by atoms with Gasteiger partial charge in [0.15, 0.2) is 0 Å². The van der Waals surface area contributed by atoms with Crippen LogP contribution >= 0.6 is 0 Å². The SMILES string of the molecule is Cc1c(C(F)(F)F)ccc(C(=O)O)c1O. The van der Waals surface area contributed by atoms with E-state index in [9.17, 15) is 23.1 Å². The summed E-state index contributed by atoms with van der Waals surface area (Å²) in [7, 11) is 0. The van der Waals surface area contributed by atoms with Crippen LogP contribution in [0.15, 0.2) is 12.1 Å². The molecule has 3 nitrogen and oxygen atoms in total. The number of hydrogen-bond donors (Lipinski definition) is 2. The minimum absolute atomic E-state index is 0.484. The highest BCUT2D eigenvalue weighted by molar-refractivity contribution is 5.91. The summed E-state index contributed by atoms with van der Waals surface area (Å²) in [6, 6.07) is 1.37. The third-order valence-electron chi connectivity index (χ3n) is 1.97. The molecule has 0 amide bonds. The normalized spacial score (nSPS) is 11.5. The minimum atomic E-state index is -4.60. The van der Waals surface area contributed by atoms with E-state index in [1.165, 1.54) is 0 Å². The van der Waals surface area contributed by atoms with Crippen molar-refractivity contribution >= 4 is 5.97 Å². The third kappa shape index (κ3) is 2.03. The lowest BCUT2D eigenvalue weighted by molar-refractivity contribution is -0.138. The Kier molecular flexibility index (Phi) is 2.61. The van der Waals surface area contributed by atoms with Gasteiger partial charge in [-0.15, -0.1) is 0 Å². The van der Waals surface area contributed by atoms with Crippen molar-refractivity contribution in [3.63, 3.8) is 0 Å². The van der Waals surface area contributed by atoms with Crippen molar-refractivity contribution in [1.82, 2.24) is 0 Å². The molecule has 0 radical (unpaired) electrons. The van der Waals surface area contributed by atoms with E-state index in [1.54, 1.807) is 0 Å². The first-order valence-corrected chi connectivity index (χ1v) is 3.88. The maximum Gasteiger partial charge on any atom is 0.416 e. The Hall–Kier alpha value is -1.72. The molecule has 1 aromatic carbocycles. The summed E-state index contributed by atoms with van der Waals surface area (Å²) < 4.78 is 36.9. The Balaban J connectivity index is 3.41. The largest absolute Gasteiger partial charge is 0.507 e. The van der Waals surface area contributed by atoms with E-state index in [4.69, 9.17) is 5.11 Å².